The second-order valence-corrected chi connectivity index (χ2v) is 4.47. The van der Waals surface area contributed by atoms with Crippen LogP contribution >= 0.6 is 0 Å². The Kier molecular flexibility index (Phi) is 3.33. The van der Waals surface area contributed by atoms with Crippen molar-refractivity contribution in [3.8, 4) is 0 Å². The van der Waals surface area contributed by atoms with Crippen molar-refractivity contribution in [3.63, 3.8) is 0 Å². The molecule has 0 saturated carbocycles. The van der Waals surface area contributed by atoms with E-state index in [0.717, 1.165) is 23.2 Å². The third-order valence-electron chi connectivity index (χ3n) is 3.09. The first kappa shape index (κ1) is 11.9. The van der Waals surface area contributed by atoms with E-state index in [2.05, 4.69) is 0 Å². The number of carbonyl (C=O) groups is 1. The molecule has 1 heterocycles. The highest BCUT2D eigenvalue weighted by Gasteiger charge is 2.34. The molecule has 92 valence electrons. The van der Waals surface area contributed by atoms with Gasteiger partial charge in [-0.1, -0.05) is 12.1 Å². The summed E-state index contributed by atoms with van der Waals surface area (Å²) in [6.07, 6.45) is 0.496. The normalized spacial score (nSPS) is 19.6. The Labute approximate surface area is 101 Å². The minimum atomic E-state index is -0.267. The zero-order valence-corrected chi connectivity index (χ0v) is 10.3. The highest BCUT2D eigenvalue weighted by Crippen LogP contribution is 2.28. The van der Waals surface area contributed by atoms with Gasteiger partial charge in [-0.25, -0.2) is 4.79 Å². The van der Waals surface area contributed by atoms with Crippen LogP contribution in [0.1, 0.15) is 17.5 Å². The second kappa shape index (κ2) is 4.75. The number of rotatable bonds is 3. The molecule has 2 rings (SSSR count). The van der Waals surface area contributed by atoms with Crippen LogP contribution in [0.3, 0.4) is 0 Å². The average Bonchev–Trinajstić information content (AvgIpc) is 2.64. The van der Waals surface area contributed by atoms with Crippen molar-refractivity contribution >= 4 is 11.8 Å². The van der Waals surface area contributed by atoms with E-state index in [9.17, 15) is 4.79 Å². The maximum atomic E-state index is 11.8. The summed E-state index contributed by atoms with van der Waals surface area (Å²) in [5.41, 5.74) is 8.72. The van der Waals surface area contributed by atoms with Crippen LogP contribution in [-0.2, 0) is 4.74 Å². The van der Waals surface area contributed by atoms with Gasteiger partial charge < -0.3 is 10.5 Å². The Morgan fingerprint density at radius 1 is 1.47 bits per heavy atom. The first-order chi connectivity index (χ1) is 8.13. The van der Waals surface area contributed by atoms with Crippen LogP contribution in [0.15, 0.2) is 18.2 Å². The summed E-state index contributed by atoms with van der Waals surface area (Å²) >= 11 is 0. The smallest absolute Gasteiger partial charge is 0.414 e. The Morgan fingerprint density at radius 3 is 2.94 bits per heavy atom. The minimum absolute atomic E-state index is 0.0630. The molecule has 2 N–H and O–H groups in total. The summed E-state index contributed by atoms with van der Waals surface area (Å²) < 4.78 is 5.11. The third kappa shape index (κ3) is 2.26. The van der Waals surface area contributed by atoms with Crippen molar-refractivity contribution in [3.05, 3.63) is 29.3 Å². The SMILES string of the molecule is Cc1ccc(C)c(N2C(=O)OCC2CCN)c1. The van der Waals surface area contributed by atoms with E-state index in [0.29, 0.717) is 13.2 Å². The fourth-order valence-corrected chi connectivity index (χ4v) is 2.14. The molecule has 0 aliphatic carbocycles. The predicted molar refractivity (Wildman–Crippen MR) is 67.2 cm³/mol. The highest BCUT2D eigenvalue weighted by atomic mass is 16.6. The van der Waals surface area contributed by atoms with Gasteiger partial charge in [-0.05, 0) is 44.0 Å². The number of carbonyl (C=O) groups excluding carboxylic acids is 1. The van der Waals surface area contributed by atoms with Gasteiger partial charge in [-0.15, -0.1) is 0 Å². The Bertz CT molecular complexity index is 431. The van der Waals surface area contributed by atoms with Crippen LogP contribution in [0.2, 0.25) is 0 Å². The van der Waals surface area contributed by atoms with Gasteiger partial charge in [0.05, 0.1) is 11.7 Å². The van der Waals surface area contributed by atoms with Crippen LogP contribution in [0, 0.1) is 13.8 Å². The van der Waals surface area contributed by atoms with Gasteiger partial charge in [0.25, 0.3) is 0 Å². The number of aryl methyl sites for hydroxylation is 2. The van der Waals surface area contributed by atoms with Crippen molar-refractivity contribution in [2.24, 2.45) is 5.73 Å². The van der Waals surface area contributed by atoms with Crippen molar-refractivity contribution < 1.29 is 9.53 Å². The molecule has 1 aliphatic heterocycles. The minimum Gasteiger partial charge on any atom is -0.447 e. The third-order valence-corrected chi connectivity index (χ3v) is 3.09. The van der Waals surface area contributed by atoms with Gasteiger partial charge in [0, 0.05) is 0 Å². The molecule has 1 aromatic carbocycles. The van der Waals surface area contributed by atoms with Crippen LogP contribution in [-0.4, -0.2) is 25.3 Å². The van der Waals surface area contributed by atoms with Gasteiger partial charge in [0.15, 0.2) is 0 Å². The molecule has 1 saturated heterocycles. The van der Waals surface area contributed by atoms with Crippen molar-refractivity contribution in [2.45, 2.75) is 26.3 Å². The molecule has 1 atom stereocenters. The topological polar surface area (TPSA) is 55.6 Å². The van der Waals surface area contributed by atoms with E-state index in [4.69, 9.17) is 10.5 Å². The fourth-order valence-electron chi connectivity index (χ4n) is 2.14. The van der Waals surface area contributed by atoms with Crippen molar-refractivity contribution in [2.75, 3.05) is 18.1 Å². The molecule has 0 aromatic heterocycles. The quantitative estimate of drug-likeness (QED) is 0.870. The second-order valence-electron chi connectivity index (χ2n) is 4.47. The number of anilines is 1. The van der Waals surface area contributed by atoms with E-state index in [1.165, 1.54) is 0 Å². The summed E-state index contributed by atoms with van der Waals surface area (Å²) in [6, 6.07) is 6.15. The zero-order chi connectivity index (χ0) is 12.4. The zero-order valence-electron chi connectivity index (χ0n) is 10.3. The van der Waals surface area contributed by atoms with Crippen LogP contribution < -0.4 is 10.6 Å². The highest BCUT2D eigenvalue weighted by molar-refractivity contribution is 5.91. The molecule has 4 nitrogen and oxygen atoms in total. The van der Waals surface area contributed by atoms with E-state index in [1.807, 2.05) is 32.0 Å². The number of nitrogens with two attached hydrogens (primary N) is 1. The maximum absolute atomic E-state index is 11.8. The van der Waals surface area contributed by atoms with Crippen LogP contribution in [0.25, 0.3) is 0 Å². The first-order valence-corrected chi connectivity index (χ1v) is 5.87. The number of amides is 1. The van der Waals surface area contributed by atoms with E-state index in [1.54, 1.807) is 4.90 Å². The number of nitrogens with zero attached hydrogens (tertiary/aromatic N) is 1. The van der Waals surface area contributed by atoms with Gasteiger partial charge >= 0.3 is 6.09 Å². The summed E-state index contributed by atoms with van der Waals surface area (Å²) in [5, 5.41) is 0. The molecule has 0 bridgehead atoms. The lowest BCUT2D eigenvalue weighted by Crippen LogP contribution is -2.35. The van der Waals surface area contributed by atoms with Crippen molar-refractivity contribution in [1.82, 2.24) is 0 Å². The molecular formula is C13H18N2O2. The number of benzene rings is 1. The molecule has 4 heteroatoms. The van der Waals surface area contributed by atoms with Gasteiger partial charge in [0.2, 0.25) is 0 Å². The Morgan fingerprint density at radius 2 is 2.24 bits per heavy atom. The van der Waals surface area contributed by atoms with Crippen LogP contribution in [0.5, 0.6) is 0 Å². The molecule has 1 aromatic rings. The number of hydrogen-bond acceptors (Lipinski definition) is 3. The summed E-state index contributed by atoms with van der Waals surface area (Å²) in [5.74, 6) is 0. The molecule has 1 aliphatic rings. The molecule has 1 fully saturated rings. The summed E-state index contributed by atoms with van der Waals surface area (Å²) in [6.45, 7) is 5.01. The lowest BCUT2D eigenvalue weighted by Gasteiger charge is -2.23. The average molecular weight is 234 g/mol. The Hall–Kier alpha value is -1.55. The predicted octanol–water partition coefficient (Wildman–Crippen LogP) is 1.98. The lowest BCUT2D eigenvalue weighted by molar-refractivity contribution is 0.178. The van der Waals surface area contributed by atoms with E-state index >= 15 is 0 Å². The van der Waals surface area contributed by atoms with E-state index in [-0.39, 0.29) is 12.1 Å². The molecule has 1 unspecified atom stereocenters. The Balaban J connectivity index is 2.35. The summed E-state index contributed by atoms with van der Waals surface area (Å²) in [4.78, 5) is 13.5. The molecule has 0 spiro atoms. The van der Waals surface area contributed by atoms with Gasteiger partial charge in [0.1, 0.15) is 6.61 Å². The monoisotopic (exact) mass is 234 g/mol. The lowest BCUT2D eigenvalue weighted by atomic mass is 10.1. The first-order valence-electron chi connectivity index (χ1n) is 5.87. The number of ether oxygens (including phenoxy) is 1. The van der Waals surface area contributed by atoms with Crippen molar-refractivity contribution in [1.29, 1.82) is 0 Å². The molecular weight excluding hydrogens is 216 g/mol. The molecule has 17 heavy (non-hydrogen) atoms. The molecule has 1 amide bonds. The number of cyclic esters (lactones) is 1. The van der Waals surface area contributed by atoms with E-state index < -0.39 is 0 Å². The fraction of sp³-hybridized carbons (Fsp3) is 0.462. The van der Waals surface area contributed by atoms with Gasteiger partial charge in [-0.3, -0.25) is 4.90 Å². The summed E-state index contributed by atoms with van der Waals surface area (Å²) in [7, 11) is 0. The molecule has 0 radical (unpaired) electrons. The number of hydrogen-bond donors (Lipinski definition) is 1. The van der Waals surface area contributed by atoms with Gasteiger partial charge in [-0.2, -0.15) is 0 Å². The van der Waals surface area contributed by atoms with Crippen LogP contribution in [0.4, 0.5) is 10.5 Å². The largest absolute Gasteiger partial charge is 0.447 e. The standard InChI is InChI=1S/C13H18N2O2/c1-9-3-4-10(2)12(7-9)15-11(5-6-14)8-17-13(15)16/h3-4,7,11H,5-6,8,14H2,1-2H3. The maximum Gasteiger partial charge on any atom is 0.414 e.